The SMILES string of the molecule is CCOc1cc(C(=O)Nc2ccccc2CC)ccc1OCc1ccc(C)cc1. The van der Waals surface area contributed by atoms with Gasteiger partial charge in [-0.1, -0.05) is 55.0 Å². The summed E-state index contributed by atoms with van der Waals surface area (Å²) in [5, 5.41) is 2.99. The number of carbonyl (C=O) groups excluding carboxylic acids is 1. The monoisotopic (exact) mass is 389 g/mol. The summed E-state index contributed by atoms with van der Waals surface area (Å²) in [7, 11) is 0. The van der Waals surface area contributed by atoms with Crippen molar-refractivity contribution in [3.05, 3.63) is 89.0 Å². The van der Waals surface area contributed by atoms with E-state index in [0.717, 1.165) is 23.2 Å². The van der Waals surface area contributed by atoms with Crippen molar-refractivity contribution < 1.29 is 14.3 Å². The largest absolute Gasteiger partial charge is 0.490 e. The van der Waals surface area contributed by atoms with Crippen LogP contribution in [-0.4, -0.2) is 12.5 Å². The molecule has 3 rings (SSSR count). The van der Waals surface area contributed by atoms with Crippen LogP contribution in [0.5, 0.6) is 11.5 Å². The first kappa shape index (κ1) is 20.5. The van der Waals surface area contributed by atoms with Crippen molar-refractivity contribution in [1.29, 1.82) is 0 Å². The molecule has 0 bridgehead atoms. The molecule has 0 atom stereocenters. The van der Waals surface area contributed by atoms with Crippen LogP contribution in [0.4, 0.5) is 5.69 Å². The Bertz CT molecular complexity index is 964. The van der Waals surface area contributed by atoms with Crippen molar-refractivity contribution in [3.8, 4) is 11.5 Å². The highest BCUT2D eigenvalue weighted by molar-refractivity contribution is 6.05. The Morgan fingerprint density at radius 2 is 1.66 bits per heavy atom. The van der Waals surface area contributed by atoms with E-state index < -0.39 is 0 Å². The van der Waals surface area contributed by atoms with Gasteiger partial charge in [-0.3, -0.25) is 4.79 Å². The lowest BCUT2D eigenvalue weighted by Crippen LogP contribution is -2.13. The van der Waals surface area contributed by atoms with Crippen LogP contribution in [-0.2, 0) is 13.0 Å². The van der Waals surface area contributed by atoms with Gasteiger partial charge in [0.05, 0.1) is 6.61 Å². The summed E-state index contributed by atoms with van der Waals surface area (Å²) in [6.07, 6.45) is 0.854. The van der Waals surface area contributed by atoms with E-state index in [4.69, 9.17) is 9.47 Å². The van der Waals surface area contributed by atoms with E-state index in [2.05, 4.69) is 31.3 Å². The smallest absolute Gasteiger partial charge is 0.255 e. The van der Waals surface area contributed by atoms with Crippen LogP contribution in [0.15, 0.2) is 66.7 Å². The lowest BCUT2D eigenvalue weighted by Gasteiger charge is -2.14. The standard InChI is InChI=1S/C25H27NO3/c1-4-20-8-6-7-9-22(20)26-25(27)21-14-15-23(24(16-21)28-5-2)29-17-19-12-10-18(3)11-13-19/h6-16H,4-5,17H2,1-3H3,(H,26,27). The normalized spacial score (nSPS) is 10.4. The molecule has 4 heteroatoms. The number of benzene rings is 3. The first-order valence-electron chi connectivity index (χ1n) is 9.95. The van der Waals surface area contributed by atoms with Crippen molar-refractivity contribution in [1.82, 2.24) is 0 Å². The molecular formula is C25H27NO3. The third-order valence-corrected chi connectivity index (χ3v) is 4.67. The van der Waals surface area contributed by atoms with E-state index in [1.807, 2.05) is 43.3 Å². The molecule has 0 saturated carbocycles. The lowest BCUT2D eigenvalue weighted by molar-refractivity contribution is 0.102. The maximum absolute atomic E-state index is 12.8. The first-order chi connectivity index (χ1) is 14.1. The summed E-state index contributed by atoms with van der Waals surface area (Å²) in [6.45, 7) is 6.97. The van der Waals surface area contributed by atoms with Gasteiger partial charge in [0.1, 0.15) is 6.61 Å². The number of amides is 1. The Morgan fingerprint density at radius 3 is 2.38 bits per heavy atom. The number of rotatable bonds is 8. The number of carbonyl (C=O) groups is 1. The molecule has 3 aromatic carbocycles. The number of hydrogen-bond donors (Lipinski definition) is 1. The van der Waals surface area contributed by atoms with E-state index in [1.54, 1.807) is 18.2 Å². The highest BCUT2D eigenvalue weighted by Gasteiger charge is 2.13. The van der Waals surface area contributed by atoms with Crippen LogP contribution in [0.3, 0.4) is 0 Å². The number of anilines is 1. The predicted octanol–water partition coefficient (Wildman–Crippen LogP) is 5.79. The number of nitrogens with one attached hydrogen (secondary N) is 1. The molecule has 0 aliphatic carbocycles. The highest BCUT2D eigenvalue weighted by Crippen LogP contribution is 2.30. The molecule has 3 aromatic rings. The molecule has 1 amide bonds. The van der Waals surface area contributed by atoms with Crippen LogP contribution in [0.25, 0.3) is 0 Å². The second-order valence-electron chi connectivity index (χ2n) is 6.83. The molecule has 150 valence electrons. The molecule has 0 spiro atoms. The van der Waals surface area contributed by atoms with E-state index in [-0.39, 0.29) is 5.91 Å². The Balaban J connectivity index is 1.75. The van der Waals surface area contributed by atoms with Crippen molar-refractivity contribution in [2.45, 2.75) is 33.8 Å². The van der Waals surface area contributed by atoms with E-state index in [9.17, 15) is 4.79 Å². The van der Waals surface area contributed by atoms with Crippen LogP contribution in [0.1, 0.15) is 40.9 Å². The molecule has 0 heterocycles. The second kappa shape index (κ2) is 9.78. The van der Waals surface area contributed by atoms with Crippen LogP contribution in [0.2, 0.25) is 0 Å². The fourth-order valence-electron chi connectivity index (χ4n) is 3.03. The van der Waals surface area contributed by atoms with E-state index in [0.29, 0.717) is 30.3 Å². The number of aryl methyl sites for hydroxylation is 2. The fourth-order valence-corrected chi connectivity index (χ4v) is 3.03. The number of hydrogen-bond acceptors (Lipinski definition) is 3. The lowest BCUT2D eigenvalue weighted by atomic mass is 10.1. The summed E-state index contributed by atoms with van der Waals surface area (Å²) >= 11 is 0. The Kier molecular flexibility index (Phi) is 6.90. The van der Waals surface area contributed by atoms with Gasteiger partial charge < -0.3 is 14.8 Å². The van der Waals surface area contributed by atoms with Crippen molar-refractivity contribution in [2.24, 2.45) is 0 Å². The summed E-state index contributed by atoms with van der Waals surface area (Å²) < 4.78 is 11.7. The minimum absolute atomic E-state index is 0.170. The van der Waals surface area contributed by atoms with E-state index >= 15 is 0 Å². The van der Waals surface area contributed by atoms with Crippen molar-refractivity contribution >= 4 is 11.6 Å². The highest BCUT2D eigenvalue weighted by atomic mass is 16.5. The maximum atomic E-state index is 12.8. The van der Waals surface area contributed by atoms with Gasteiger partial charge in [-0.05, 0) is 55.7 Å². The maximum Gasteiger partial charge on any atom is 0.255 e. The van der Waals surface area contributed by atoms with Gasteiger partial charge >= 0.3 is 0 Å². The summed E-state index contributed by atoms with van der Waals surface area (Å²) in [5.41, 5.74) is 4.75. The molecule has 0 aliphatic rings. The van der Waals surface area contributed by atoms with Crippen LogP contribution >= 0.6 is 0 Å². The molecule has 0 radical (unpaired) electrons. The van der Waals surface area contributed by atoms with Crippen LogP contribution < -0.4 is 14.8 Å². The van der Waals surface area contributed by atoms with Gasteiger partial charge in [-0.2, -0.15) is 0 Å². The first-order valence-corrected chi connectivity index (χ1v) is 9.95. The Labute approximate surface area is 172 Å². The topological polar surface area (TPSA) is 47.6 Å². The summed E-state index contributed by atoms with van der Waals surface area (Å²) in [6, 6.07) is 21.3. The fraction of sp³-hybridized carbons (Fsp3) is 0.240. The van der Waals surface area contributed by atoms with Gasteiger partial charge in [0.25, 0.3) is 5.91 Å². The third-order valence-electron chi connectivity index (χ3n) is 4.67. The second-order valence-corrected chi connectivity index (χ2v) is 6.83. The van der Waals surface area contributed by atoms with Crippen LogP contribution in [0, 0.1) is 6.92 Å². The quantitative estimate of drug-likeness (QED) is 0.531. The summed E-state index contributed by atoms with van der Waals surface area (Å²) in [5.74, 6) is 1.02. The van der Waals surface area contributed by atoms with Gasteiger partial charge in [-0.25, -0.2) is 0 Å². The molecule has 0 aliphatic heterocycles. The Morgan fingerprint density at radius 1 is 0.897 bits per heavy atom. The molecule has 0 fully saturated rings. The molecule has 4 nitrogen and oxygen atoms in total. The zero-order valence-electron chi connectivity index (χ0n) is 17.2. The third kappa shape index (κ3) is 5.38. The van der Waals surface area contributed by atoms with E-state index in [1.165, 1.54) is 5.56 Å². The predicted molar refractivity (Wildman–Crippen MR) is 117 cm³/mol. The van der Waals surface area contributed by atoms with Gasteiger partial charge in [0.15, 0.2) is 11.5 Å². The number of para-hydroxylation sites is 1. The summed E-state index contributed by atoms with van der Waals surface area (Å²) in [4.78, 5) is 12.8. The molecule has 29 heavy (non-hydrogen) atoms. The zero-order valence-corrected chi connectivity index (χ0v) is 17.2. The van der Waals surface area contributed by atoms with Gasteiger partial charge in [-0.15, -0.1) is 0 Å². The molecule has 0 unspecified atom stereocenters. The molecular weight excluding hydrogens is 362 g/mol. The van der Waals surface area contributed by atoms with Gasteiger partial charge in [0, 0.05) is 11.3 Å². The average molecular weight is 389 g/mol. The minimum atomic E-state index is -0.170. The van der Waals surface area contributed by atoms with Gasteiger partial charge in [0.2, 0.25) is 0 Å². The van der Waals surface area contributed by atoms with Crippen molar-refractivity contribution in [2.75, 3.05) is 11.9 Å². The minimum Gasteiger partial charge on any atom is -0.490 e. The zero-order chi connectivity index (χ0) is 20.6. The number of ether oxygens (including phenoxy) is 2. The average Bonchev–Trinajstić information content (AvgIpc) is 2.74. The van der Waals surface area contributed by atoms with Crippen molar-refractivity contribution in [3.63, 3.8) is 0 Å². The molecule has 0 aromatic heterocycles. The molecule has 1 N–H and O–H groups in total. The molecule has 0 saturated heterocycles. The Hall–Kier alpha value is -3.27.